The van der Waals surface area contributed by atoms with Gasteiger partial charge in [0.1, 0.15) is 6.10 Å². The quantitative estimate of drug-likeness (QED) is 0.592. The summed E-state index contributed by atoms with van der Waals surface area (Å²) >= 11 is 0. The second-order valence-corrected chi connectivity index (χ2v) is 4.52. The van der Waals surface area contributed by atoms with Crippen molar-refractivity contribution < 1.29 is 14.3 Å². The third-order valence-corrected chi connectivity index (χ3v) is 3.09. The van der Waals surface area contributed by atoms with Gasteiger partial charge in [0.05, 0.1) is 0 Å². The smallest absolute Gasteiger partial charge is 0.306 e. The van der Waals surface area contributed by atoms with Crippen LogP contribution in [0.4, 0.5) is 0 Å². The first-order valence-corrected chi connectivity index (χ1v) is 5.95. The number of esters is 1. The highest BCUT2D eigenvalue weighted by atomic mass is 16.5. The first-order chi connectivity index (χ1) is 8.16. The fourth-order valence-electron chi connectivity index (χ4n) is 2.14. The van der Waals surface area contributed by atoms with Crippen molar-refractivity contribution >= 4 is 11.8 Å². The Morgan fingerprint density at radius 3 is 2.71 bits per heavy atom. The maximum absolute atomic E-state index is 12.1. The van der Waals surface area contributed by atoms with Gasteiger partial charge in [0.25, 0.3) is 0 Å². The summed E-state index contributed by atoms with van der Waals surface area (Å²) in [7, 11) is 0. The van der Waals surface area contributed by atoms with Crippen LogP contribution in [0.5, 0.6) is 0 Å². The van der Waals surface area contributed by atoms with Crippen LogP contribution >= 0.6 is 0 Å². The van der Waals surface area contributed by atoms with E-state index in [9.17, 15) is 9.59 Å². The summed E-state index contributed by atoms with van der Waals surface area (Å²) in [6.07, 6.45) is 1.77. The fourth-order valence-corrected chi connectivity index (χ4v) is 2.14. The molecule has 0 amide bonds. The molecule has 1 aromatic rings. The highest BCUT2D eigenvalue weighted by Crippen LogP contribution is 2.22. The van der Waals surface area contributed by atoms with Crippen molar-refractivity contribution in [2.45, 2.75) is 32.3 Å². The van der Waals surface area contributed by atoms with Crippen LogP contribution in [-0.4, -0.2) is 17.9 Å². The number of rotatable bonds is 4. The third-order valence-electron chi connectivity index (χ3n) is 3.09. The molecule has 1 aliphatic rings. The van der Waals surface area contributed by atoms with Crippen LogP contribution in [0.15, 0.2) is 30.3 Å². The summed E-state index contributed by atoms with van der Waals surface area (Å²) < 4.78 is 5.13. The van der Waals surface area contributed by atoms with E-state index < -0.39 is 0 Å². The Bertz CT molecular complexity index is 411. The van der Waals surface area contributed by atoms with E-state index in [-0.39, 0.29) is 23.8 Å². The van der Waals surface area contributed by atoms with E-state index in [0.29, 0.717) is 12.8 Å². The zero-order chi connectivity index (χ0) is 12.3. The number of Topliss-reactive ketones (excluding diaryl/α,β-unsaturated/α-hetero) is 1. The highest BCUT2D eigenvalue weighted by Gasteiger charge is 2.27. The van der Waals surface area contributed by atoms with E-state index in [0.717, 1.165) is 12.0 Å². The molecule has 17 heavy (non-hydrogen) atoms. The number of hydrogen-bond acceptors (Lipinski definition) is 3. The van der Waals surface area contributed by atoms with E-state index in [4.69, 9.17) is 4.74 Å². The Labute approximate surface area is 101 Å². The number of hydrogen-bond donors (Lipinski definition) is 0. The number of ketones is 1. The summed E-state index contributed by atoms with van der Waals surface area (Å²) in [5.74, 6) is -0.129. The second-order valence-electron chi connectivity index (χ2n) is 4.52. The summed E-state index contributed by atoms with van der Waals surface area (Å²) in [5.41, 5.74) is 0.726. The van der Waals surface area contributed by atoms with E-state index >= 15 is 0 Å². The summed E-state index contributed by atoms with van der Waals surface area (Å²) in [6.45, 7) is 1.89. The van der Waals surface area contributed by atoms with Gasteiger partial charge >= 0.3 is 5.97 Å². The molecule has 0 bridgehead atoms. The van der Waals surface area contributed by atoms with Crippen molar-refractivity contribution in [3.8, 4) is 0 Å². The largest absolute Gasteiger partial charge is 0.462 e. The fraction of sp³-hybridized carbons (Fsp3) is 0.429. The topological polar surface area (TPSA) is 43.4 Å². The number of carbonyl (C=O) groups excluding carboxylic acids is 2. The normalized spacial score (nSPS) is 21.0. The molecule has 0 saturated carbocycles. The van der Waals surface area contributed by atoms with Crippen LogP contribution in [0.2, 0.25) is 0 Å². The molecule has 1 saturated heterocycles. The van der Waals surface area contributed by atoms with Crippen LogP contribution in [-0.2, 0) is 9.53 Å². The van der Waals surface area contributed by atoms with Gasteiger partial charge in [-0.05, 0) is 12.8 Å². The zero-order valence-electron chi connectivity index (χ0n) is 9.89. The van der Waals surface area contributed by atoms with Crippen molar-refractivity contribution in [1.82, 2.24) is 0 Å². The molecular weight excluding hydrogens is 216 g/mol. The average Bonchev–Trinajstić information content (AvgIpc) is 2.75. The van der Waals surface area contributed by atoms with Gasteiger partial charge in [0.2, 0.25) is 0 Å². The van der Waals surface area contributed by atoms with E-state index in [1.807, 2.05) is 37.3 Å². The van der Waals surface area contributed by atoms with Crippen molar-refractivity contribution in [2.75, 3.05) is 0 Å². The highest BCUT2D eigenvalue weighted by molar-refractivity contribution is 5.97. The monoisotopic (exact) mass is 232 g/mol. The summed E-state index contributed by atoms with van der Waals surface area (Å²) in [4.78, 5) is 23.0. The van der Waals surface area contributed by atoms with Gasteiger partial charge < -0.3 is 4.74 Å². The van der Waals surface area contributed by atoms with Gasteiger partial charge in [-0.25, -0.2) is 0 Å². The maximum atomic E-state index is 12.1. The maximum Gasteiger partial charge on any atom is 0.306 e. The molecule has 0 spiro atoms. The zero-order valence-corrected chi connectivity index (χ0v) is 9.89. The number of benzene rings is 1. The summed E-state index contributed by atoms with van der Waals surface area (Å²) in [6, 6.07) is 9.24. The minimum atomic E-state index is -0.144. The molecule has 1 aliphatic heterocycles. The van der Waals surface area contributed by atoms with E-state index in [2.05, 4.69) is 0 Å². The number of carbonyl (C=O) groups is 2. The minimum absolute atomic E-state index is 0.0786. The molecule has 2 atom stereocenters. The van der Waals surface area contributed by atoms with Gasteiger partial charge in [-0.3, -0.25) is 9.59 Å². The van der Waals surface area contributed by atoms with Gasteiger partial charge in [0.15, 0.2) is 5.78 Å². The Morgan fingerprint density at radius 2 is 2.12 bits per heavy atom. The van der Waals surface area contributed by atoms with Crippen LogP contribution in [0.3, 0.4) is 0 Å². The molecule has 3 nitrogen and oxygen atoms in total. The predicted octanol–water partition coefficient (Wildman–Crippen LogP) is 2.60. The molecule has 0 radical (unpaired) electrons. The third kappa shape index (κ3) is 2.93. The molecule has 3 heteroatoms. The molecule has 0 aromatic heterocycles. The minimum Gasteiger partial charge on any atom is -0.462 e. The van der Waals surface area contributed by atoms with Gasteiger partial charge in [0, 0.05) is 17.9 Å². The van der Waals surface area contributed by atoms with Crippen LogP contribution in [0.25, 0.3) is 0 Å². The molecule has 2 unspecified atom stereocenters. The number of ether oxygens (including phenoxy) is 1. The lowest BCUT2D eigenvalue weighted by molar-refractivity contribution is -0.141. The standard InChI is InChI=1S/C14H16O3/c1-10(9-12-7-8-13(15)17-12)14(16)11-5-3-2-4-6-11/h2-6,10,12H,7-9H2,1H3. The molecule has 1 fully saturated rings. The lowest BCUT2D eigenvalue weighted by Crippen LogP contribution is -2.18. The van der Waals surface area contributed by atoms with Crippen molar-refractivity contribution in [2.24, 2.45) is 5.92 Å². The molecular formula is C14H16O3. The average molecular weight is 232 g/mol. The molecule has 0 aliphatic carbocycles. The SMILES string of the molecule is CC(CC1CCC(=O)O1)C(=O)c1ccccc1. The molecule has 2 rings (SSSR count). The Hall–Kier alpha value is -1.64. The van der Waals surface area contributed by atoms with Gasteiger partial charge in [-0.1, -0.05) is 37.3 Å². The Kier molecular flexibility index (Phi) is 3.57. The molecule has 90 valence electrons. The Morgan fingerprint density at radius 1 is 1.41 bits per heavy atom. The summed E-state index contributed by atoms with van der Waals surface area (Å²) in [5, 5.41) is 0. The molecule has 1 aromatic carbocycles. The lowest BCUT2D eigenvalue weighted by atomic mass is 9.93. The van der Waals surface area contributed by atoms with E-state index in [1.165, 1.54) is 0 Å². The second kappa shape index (κ2) is 5.13. The number of cyclic esters (lactones) is 1. The van der Waals surface area contributed by atoms with E-state index in [1.54, 1.807) is 0 Å². The lowest BCUT2D eigenvalue weighted by Gasteiger charge is -2.14. The van der Waals surface area contributed by atoms with Crippen LogP contribution < -0.4 is 0 Å². The van der Waals surface area contributed by atoms with Crippen LogP contribution in [0, 0.1) is 5.92 Å². The Balaban J connectivity index is 1.94. The van der Waals surface area contributed by atoms with Gasteiger partial charge in [-0.15, -0.1) is 0 Å². The van der Waals surface area contributed by atoms with Crippen molar-refractivity contribution in [3.63, 3.8) is 0 Å². The van der Waals surface area contributed by atoms with Crippen molar-refractivity contribution in [3.05, 3.63) is 35.9 Å². The van der Waals surface area contributed by atoms with Gasteiger partial charge in [-0.2, -0.15) is 0 Å². The molecule has 1 heterocycles. The van der Waals surface area contributed by atoms with Crippen molar-refractivity contribution in [1.29, 1.82) is 0 Å². The molecule has 0 N–H and O–H groups in total. The first-order valence-electron chi connectivity index (χ1n) is 5.95. The van der Waals surface area contributed by atoms with Crippen LogP contribution in [0.1, 0.15) is 36.5 Å². The predicted molar refractivity (Wildman–Crippen MR) is 63.7 cm³/mol. The first kappa shape index (κ1) is 11.8.